The Morgan fingerprint density at radius 3 is 2.59 bits per heavy atom. The highest BCUT2D eigenvalue weighted by molar-refractivity contribution is 5.69. The minimum absolute atomic E-state index is 0.0767. The Bertz CT molecular complexity index is 723. The summed E-state index contributed by atoms with van der Waals surface area (Å²) in [6.45, 7) is 1.10. The van der Waals surface area contributed by atoms with Crippen LogP contribution in [0.15, 0.2) is 67.0 Å². The van der Waals surface area contributed by atoms with Crippen molar-refractivity contribution in [3.63, 3.8) is 0 Å². The molecule has 2 aromatic carbocycles. The minimum atomic E-state index is 0.0767. The Morgan fingerprint density at radius 2 is 1.77 bits per heavy atom. The van der Waals surface area contributed by atoms with Crippen molar-refractivity contribution >= 4 is 0 Å². The summed E-state index contributed by atoms with van der Waals surface area (Å²) in [6, 6.07) is 18.0. The van der Waals surface area contributed by atoms with Crippen LogP contribution >= 0.6 is 0 Å². The fourth-order valence-electron chi connectivity index (χ4n) is 2.29. The third kappa shape index (κ3) is 3.35. The van der Waals surface area contributed by atoms with Crippen LogP contribution in [0.25, 0.3) is 11.1 Å². The lowest BCUT2D eigenvalue weighted by Crippen LogP contribution is -2.01. The first-order valence-electron chi connectivity index (χ1n) is 7.26. The topological polar surface area (TPSA) is 47.3 Å². The summed E-state index contributed by atoms with van der Waals surface area (Å²) in [5, 5.41) is 13.2. The van der Waals surface area contributed by atoms with Gasteiger partial charge in [-0.05, 0) is 11.6 Å². The third-order valence-corrected chi connectivity index (χ3v) is 3.40. The van der Waals surface area contributed by atoms with Gasteiger partial charge in [-0.15, -0.1) is 0 Å². The van der Waals surface area contributed by atoms with E-state index < -0.39 is 0 Å². The van der Waals surface area contributed by atoms with E-state index in [0.717, 1.165) is 22.4 Å². The third-order valence-electron chi connectivity index (χ3n) is 3.40. The zero-order valence-electron chi connectivity index (χ0n) is 12.2. The number of nitrogens with zero attached hydrogens (tertiary/aromatic N) is 2. The zero-order valence-corrected chi connectivity index (χ0v) is 12.2. The van der Waals surface area contributed by atoms with Gasteiger partial charge in [0.25, 0.3) is 0 Å². The summed E-state index contributed by atoms with van der Waals surface area (Å²) in [4.78, 5) is 0. The molecule has 4 nitrogen and oxygen atoms in total. The molecule has 0 amide bonds. The molecule has 0 aliphatic rings. The van der Waals surface area contributed by atoms with E-state index >= 15 is 0 Å². The van der Waals surface area contributed by atoms with Gasteiger partial charge in [-0.2, -0.15) is 5.10 Å². The van der Waals surface area contributed by atoms with Crippen molar-refractivity contribution in [2.45, 2.75) is 13.2 Å². The fourth-order valence-corrected chi connectivity index (χ4v) is 2.29. The van der Waals surface area contributed by atoms with Gasteiger partial charge in [-0.3, -0.25) is 4.68 Å². The van der Waals surface area contributed by atoms with E-state index in [1.165, 1.54) is 0 Å². The van der Waals surface area contributed by atoms with Crippen molar-refractivity contribution in [3.05, 3.63) is 72.6 Å². The average molecular weight is 294 g/mol. The van der Waals surface area contributed by atoms with Gasteiger partial charge >= 0.3 is 0 Å². The van der Waals surface area contributed by atoms with Crippen LogP contribution in [0.4, 0.5) is 0 Å². The molecule has 1 N–H and O–H groups in total. The monoisotopic (exact) mass is 294 g/mol. The van der Waals surface area contributed by atoms with Crippen molar-refractivity contribution in [2.75, 3.05) is 6.61 Å². The Hall–Kier alpha value is -2.59. The Labute approximate surface area is 129 Å². The maximum atomic E-state index is 8.98. The first-order valence-corrected chi connectivity index (χ1v) is 7.26. The maximum Gasteiger partial charge on any atom is 0.127 e. The van der Waals surface area contributed by atoms with E-state index in [2.05, 4.69) is 5.10 Å². The normalized spacial score (nSPS) is 10.6. The summed E-state index contributed by atoms with van der Waals surface area (Å²) in [5.74, 6) is 0.829. The van der Waals surface area contributed by atoms with Crippen LogP contribution in [0.1, 0.15) is 5.56 Å². The van der Waals surface area contributed by atoms with E-state index in [-0.39, 0.29) is 6.61 Å². The van der Waals surface area contributed by atoms with Crippen molar-refractivity contribution < 1.29 is 9.84 Å². The predicted octanol–water partition coefficient (Wildman–Crippen LogP) is 3.12. The van der Waals surface area contributed by atoms with Crippen LogP contribution in [0, 0.1) is 0 Å². The molecule has 0 atom stereocenters. The molecule has 0 saturated heterocycles. The molecule has 0 unspecified atom stereocenters. The molecule has 3 rings (SSSR count). The van der Waals surface area contributed by atoms with E-state index in [4.69, 9.17) is 9.84 Å². The standard InChI is InChI=1S/C18H18N2O2/c21-11-10-20-13-16(12-19-20)17-8-4-5-9-18(17)22-14-15-6-2-1-3-7-15/h1-9,12-13,21H,10-11,14H2. The van der Waals surface area contributed by atoms with Crippen LogP contribution in [0.3, 0.4) is 0 Å². The average Bonchev–Trinajstić information content (AvgIpc) is 3.03. The molecule has 112 valence electrons. The largest absolute Gasteiger partial charge is 0.488 e. The molecule has 0 aliphatic carbocycles. The SMILES string of the molecule is OCCn1cc(-c2ccccc2OCc2ccccc2)cn1. The van der Waals surface area contributed by atoms with Gasteiger partial charge in [0.1, 0.15) is 12.4 Å². The fraction of sp³-hybridized carbons (Fsp3) is 0.167. The summed E-state index contributed by atoms with van der Waals surface area (Å²) in [7, 11) is 0. The second-order valence-electron chi connectivity index (χ2n) is 4.99. The van der Waals surface area contributed by atoms with Crippen LogP contribution in [-0.4, -0.2) is 21.5 Å². The van der Waals surface area contributed by atoms with Gasteiger partial charge < -0.3 is 9.84 Å². The molecule has 0 aliphatic heterocycles. The second kappa shape index (κ2) is 6.91. The summed E-state index contributed by atoms with van der Waals surface area (Å²) >= 11 is 0. The minimum Gasteiger partial charge on any atom is -0.488 e. The number of benzene rings is 2. The number of aliphatic hydroxyl groups is 1. The molecular formula is C18H18N2O2. The number of ether oxygens (including phenoxy) is 1. The van der Waals surface area contributed by atoms with Crippen molar-refractivity contribution in [3.8, 4) is 16.9 Å². The van der Waals surface area contributed by atoms with Crippen LogP contribution < -0.4 is 4.74 Å². The highest BCUT2D eigenvalue weighted by atomic mass is 16.5. The van der Waals surface area contributed by atoms with E-state index in [0.29, 0.717) is 13.2 Å². The van der Waals surface area contributed by atoms with Crippen LogP contribution in [-0.2, 0) is 13.2 Å². The van der Waals surface area contributed by atoms with Crippen molar-refractivity contribution in [1.29, 1.82) is 0 Å². The molecular weight excluding hydrogens is 276 g/mol. The Balaban J connectivity index is 1.80. The Kier molecular flexibility index (Phi) is 4.51. The first kappa shape index (κ1) is 14.4. The maximum absolute atomic E-state index is 8.98. The van der Waals surface area contributed by atoms with Gasteiger partial charge in [0.15, 0.2) is 0 Å². The molecule has 0 bridgehead atoms. The van der Waals surface area contributed by atoms with E-state index in [1.54, 1.807) is 10.9 Å². The van der Waals surface area contributed by atoms with Gasteiger partial charge in [0.05, 0.1) is 19.3 Å². The molecule has 0 fully saturated rings. The predicted molar refractivity (Wildman–Crippen MR) is 85.5 cm³/mol. The molecule has 3 aromatic rings. The highest BCUT2D eigenvalue weighted by Gasteiger charge is 2.08. The van der Waals surface area contributed by atoms with Gasteiger partial charge in [-0.25, -0.2) is 0 Å². The number of hydrogen-bond acceptors (Lipinski definition) is 3. The Morgan fingerprint density at radius 1 is 1.00 bits per heavy atom. The van der Waals surface area contributed by atoms with E-state index in [9.17, 15) is 0 Å². The molecule has 0 saturated carbocycles. The summed E-state index contributed by atoms with van der Waals surface area (Å²) in [6.07, 6.45) is 3.71. The van der Waals surface area contributed by atoms with Crippen LogP contribution in [0.2, 0.25) is 0 Å². The lowest BCUT2D eigenvalue weighted by molar-refractivity contribution is 0.269. The molecule has 0 radical (unpaired) electrons. The van der Waals surface area contributed by atoms with Gasteiger partial charge in [-0.1, -0.05) is 48.5 Å². The van der Waals surface area contributed by atoms with Crippen molar-refractivity contribution in [2.24, 2.45) is 0 Å². The highest BCUT2D eigenvalue weighted by Crippen LogP contribution is 2.30. The number of rotatable bonds is 6. The summed E-state index contributed by atoms with van der Waals surface area (Å²) < 4.78 is 7.69. The lowest BCUT2D eigenvalue weighted by Gasteiger charge is -2.10. The lowest BCUT2D eigenvalue weighted by atomic mass is 10.1. The number of para-hydroxylation sites is 1. The molecule has 1 aromatic heterocycles. The molecule has 22 heavy (non-hydrogen) atoms. The summed E-state index contributed by atoms with van der Waals surface area (Å²) in [5.41, 5.74) is 3.12. The van der Waals surface area contributed by atoms with E-state index in [1.807, 2.05) is 60.8 Å². The molecule has 0 spiro atoms. The quantitative estimate of drug-likeness (QED) is 0.760. The van der Waals surface area contributed by atoms with Crippen molar-refractivity contribution in [1.82, 2.24) is 9.78 Å². The number of aliphatic hydroxyl groups excluding tert-OH is 1. The molecule has 1 heterocycles. The first-order chi connectivity index (χ1) is 10.9. The van der Waals surface area contributed by atoms with Crippen LogP contribution in [0.5, 0.6) is 5.75 Å². The second-order valence-corrected chi connectivity index (χ2v) is 4.99. The number of aromatic nitrogens is 2. The zero-order chi connectivity index (χ0) is 15.2. The number of hydrogen-bond donors (Lipinski definition) is 1. The van der Waals surface area contributed by atoms with Gasteiger partial charge in [0.2, 0.25) is 0 Å². The van der Waals surface area contributed by atoms with Gasteiger partial charge in [0, 0.05) is 17.3 Å². The smallest absolute Gasteiger partial charge is 0.127 e. The molecule has 4 heteroatoms.